The normalized spacial score (nSPS) is 12.9. The summed E-state index contributed by atoms with van der Waals surface area (Å²) in [4.78, 5) is 28.3. The lowest BCUT2D eigenvalue weighted by Gasteiger charge is -2.21. The fraction of sp³-hybridized carbons (Fsp3) is 0.375. The summed E-state index contributed by atoms with van der Waals surface area (Å²) in [5, 5.41) is 0. The van der Waals surface area contributed by atoms with E-state index < -0.39 is 17.5 Å². The summed E-state index contributed by atoms with van der Waals surface area (Å²) in [5.41, 5.74) is 0.118. The Hall–Kier alpha value is -1.59. The molecular formula is C16H18ClNO3S. The molecule has 0 spiro atoms. The number of H-pyrrole nitrogens is 1. The maximum absolute atomic E-state index is 12.7. The van der Waals surface area contributed by atoms with E-state index in [4.69, 9.17) is 16.3 Å². The Kier molecular flexibility index (Phi) is 5.08. The molecule has 2 rings (SSSR count). The maximum atomic E-state index is 12.7. The molecule has 1 unspecified atom stereocenters. The highest BCUT2D eigenvalue weighted by Gasteiger charge is 2.29. The standard InChI is InChI=1S/C16H18ClNO3S/c1-16(2,3)21-14(19)9-10(11-5-4-8-18-11)15(20)12-6-7-13(17)22-12/h4-8,10,18H,9H2,1-3H3. The Morgan fingerprint density at radius 3 is 2.55 bits per heavy atom. The molecule has 0 fully saturated rings. The lowest BCUT2D eigenvalue weighted by molar-refractivity contribution is -0.155. The van der Waals surface area contributed by atoms with E-state index in [1.165, 1.54) is 11.3 Å². The topological polar surface area (TPSA) is 59.2 Å². The first-order chi connectivity index (χ1) is 10.3. The SMILES string of the molecule is CC(C)(C)OC(=O)CC(C(=O)c1ccc(Cl)s1)c1ccc[nH]1. The maximum Gasteiger partial charge on any atom is 0.307 e. The smallest absolute Gasteiger partial charge is 0.307 e. The molecule has 4 nitrogen and oxygen atoms in total. The lowest BCUT2D eigenvalue weighted by atomic mass is 9.95. The molecule has 1 N–H and O–H groups in total. The third-order valence-corrected chi connectivity index (χ3v) is 4.17. The van der Waals surface area contributed by atoms with Crippen molar-refractivity contribution in [1.82, 2.24) is 4.98 Å². The molecule has 2 heterocycles. The molecule has 6 heteroatoms. The van der Waals surface area contributed by atoms with Crippen LogP contribution in [0.15, 0.2) is 30.5 Å². The second-order valence-electron chi connectivity index (χ2n) is 5.94. The highest BCUT2D eigenvalue weighted by molar-refractivity contribution is 7.18. The second kappa shape index (κ2) is 6.67. The minimum absolute atomic E-state index is 0.00780. The van der Waals surface area contributed by atoms with Gasteiger partial charge in [0.15, 0.2) is 5.78 Å². The van der Waals surface area contributed by atoms with Gasteiger partial charge >= 0.3 is 5.97 Å². The van der Waals surface area contributed by atoms with Gasteiger partial charge in [0, 0.05) is 11.9 Å². The molecule has 118 valence electrons. The van der Waals surface area contributed by atoms with Crippen molar-refractivity contribution in [1.29, 1.82) is 0 Å². The van der Waals surface area contributed by atoms with Gasteiger partial charge in [-0.1, -0.05) is 11.6 Å². The Balaban J connectivity index is 2.21. The predicted octanol–water partition coefficient (Wildman–Crippen LogP) is 4.43. The van der Waals surface area contributed by atoms with Crippen LogP contribution in [0.25, 0.3) is 0 Å². The van der Waals surface area contributed by atoms with Gasteiger partial charge in [0.05, 0.1) is 21.6 Å². The molecule has 0 radical (unpaired) electrons. The highest BCUT2D eigenvalue weighted by Crippen LogP contribution is 2.30. The molecule has 2 aromatic heterocycles. The van der Waals surface area contributed by atoms with E-state index in [1.54, 1.807) is 51.2 Å². The quantitative estimate of drug-likeness (QED) is 0.647. The molecule has 0 saturated heterocycles. The molecule has 0 aliphatic heterocycles. The number of carbonyl (C=O) groups excluding carboxylic acids is 2. The van der Waals surface area contributed by atoms with Crippen LogP contribution >= 0.6 is 22.9 Å². The number of carbonyl (C=O) groups is 2. The van der Waals surface area contributed by atoms with Gasteiger partial charge in [0.2, 0.25) is 0 Å². The highest BCUT2D eigenvalue weighted by atomic mass is 35.5. The minimum Gasteiger partial charge on any atom is -0.460 e. The van der Waals surface area contributed by atoms with E-state index in [0.717, 1.165) is 0 Å². The zero-order chi connectivity index (χ0) is 16.3. The van der Waals surface area contributed by atoms with Crippen LogP contribution in [-0.2, 0) is 9.53 Å². The molecule has 22 heavy (non-hydrogen) atoms. The van der Waals surface area contributed by atoms with Crippen molar-refractivity contribution in [3.8, 4) is 0 Å². The Labute approximate surface area is 138 Å². The van der Waals surface area contributed by atoms with Gasteiger partial charge in [0.1, 0.15) is 5.60 Å². The molecule has 0 saturated carbocycles. The predicted molar refractivity (Wildman–Crippen MR) is 87.7 cm³/mol. The summed E-state index contributed by atoms with van der Waals surface area (Å²) in [5.74, 6) is -1.13. The van der Waals surface area contributed by atoms with Crippen LogP contribution in [0.3, 0.4) is 0 Å². The number of thiophene rings is 1. The van der Waals surface area contributed by atoms with E-state index >= 15 is 0 Å². The average Bonchev–Trinajstić information content (AvgIpc) is 3.04. The molecule has 0 amide bonds. The number of Topliss-reactive ketones (excluding diaryl/α,β-unsaturated/α-hetero) is 1. The number of hydrogen-bond acceptors (Lipinski definition) is 4. The van der Waals surface area contributed by atoms with Gasteiger partial charge in [-0.3, -0.25) is 9.59 Å². The fourth-order valence-electron chi connectivity index (χ4n) is 2.07. The molecule has 0 aliphatic carbocycles. The van der Waals surface area contributed by atoms with Crippen LogP contribution in [0.5, 0.6) is 0 Å². The van der Waals surface area contributed by atoms with Crippen molar-refractivity contribution in [2.24, 2.45) is 0 Å². The van der Waals surface area contributed by atoms with Crippen molar-refractivity contribution in [3.63, 3.8) is 0 Å². The van der Waals surface area contributed by atoms with Crippen LogP contribution in [0.1, 0.15) is 48.5 Å². The number of hydrogen-bond donors (Lipinski definition) is 1. The van der Waals surface area contributed by atoms with Crippen LogP contribution in [0.4, 0.5) is 0 Å². The molecule has 0 aromatic carbocycles. The van der Waals surface area contributed by atoms with Crippen LogP contribution in [0, 0.1) is 0 Å². The first-order valence-electron chi connectivity index (χ1n) is 6.91. The number of aromatic nitrogens is 1. The Morgan fingerprint density at radius 1 is 1.32 bits per heavy atom. The fourth-order valence-corrected chi connectivity index (χ4v) is 3.11. The molecule has 0 bridgehead atoms. The number of ketones is 1. The second-order valence-corrected chi connectivity index (χ2v) is 7.65. The number of nitrogens with one attached hydrogen (secondary N) is 1. The van der Waals surface area contributed by atoms with Crippen molar-refractivity contribution >= 4 is 34.7 Å². The van der Waals surface area contributed by atoms with E-state index in [-0.39, 0.29) is 12.2 Å². The first-order valence-corrected chi connectivity index (χ1v) is 8.10. The van der Waals surface area contributed by atoms with Gasteiger partial charge in [0.25, 0.3) is 0 Å². The Morgan fingerprint density at radius 2 is 2.05 bits per heavy atom. The summed E-state index contributed by atoms with van der Waals surface area (Å²) in [6, 6.07) is 6.95. The van der Waals surface area contributed by atoms with Crippen molar-refractivity contribution < 1.29 is 14.3 Å². The monoisotopic (exact) mass is 339 g/mol. The first kappa shape index (κ1) is 16.8. The lowest BCUT2D eigenvalue weighted by Crippen LogP contribution is -2.26. The summed E-state index contributed by atoms with van der Waals surface area (Å²) in [7, 11) is 0. The zero-order valence-corrected chi connectivity index (χ0v) is 14.3. The van der Waals surface area contributed by atoms with Crippen molar-refractivity contribution in [3.05, 3.63) is 45.4 Å². The van der Waals surface area contributed by atoms with Gasteiger partial charge in [-0.15, -0.1) is 11.3 Å². The van der Waals surface area contributed by atoms with Gasteiger partial charge in [-0.2, -0.15) is 0 Å². The molecular weight excluding hydrogens is 322 g/mol. The average molecular weight is 340 g/mol. The number of halogens is 1. The summed E-state index contributed by atoms with van der Waals surface area (Å²) in [6.07, 6.45) is 1.72. The van der Waals surface area contributed by atoms with Crippen LogP contribution < -0.4 is 0 Å². The third-order valence-electron chi connectivity index (χ3n) is 2.92. The van der Waals surface area contributed by atoms with E-state index in [9.17, 15) is 9.59 Å². The molecule has 0 aliphatic rings. The van der Waals surface area contributed by atoms with Crippen molar-refractivity contribution in [2.75, 3.05) is 0 Å². The molecule has 1 atom stereocenters. The summed E-state index contributed by atoms with van der Waals surface area (Å²) < 4.78 is 5.88. The van der Waals surface area contributed by atoms with Gasteiger partial charge < -0.3 is 9.72 Å². The van der Waals surface area contributed by atoms with Crippen molar-refractivity contribution in [2.45, 2.75) is 38.7 Å². The van der Waals surface area contributed by atoms with E-state index in [2.05, 4.69) is 4.98 Å². The van der Waals surface area contributed by atoms with Gasteiger partial charge in [-0.25, -0.2) is 0 Å². The number of ether oxygens (including phenoxy) is 1. The molecule has 2 aromatic rings. The zero-order valence-electron chi connectivity index (χ0n) is 12.7. The van der Waals surface area contributed by atoms with E-state index in [1.807, 2.05) is 0 Å². The number of aromatic amines is 1. The summed E-state index contributed by atoms with van der Waals surface area (Å²) >= 11 is 7.11. The summed E-state index contributed by atoms with van der Waals surface area (Å²) in [6.45, 7) is 5.40. The number of rotatable bonds is 5. The third kappa shape index (κ3) is 4.45. The van der Waals surface area contributed by atoms with Crippen LogP contribution in [-0.4, -0.2) is 22.3 Å². The van der Waals surface area contributed by atoms with E-state index in [0.29, 0.717) is 14.9 Å². The van der Waals surface area contributed by atoms with Gasteiger partial charge in [-0.05, 0) is 45.0 Å². The Bertz CT molecular complexity index is 655. The number of esters is 1. The minimum atomic E-state index is -0.598. The largest absolute Gasteiger partial charge is 0.460 e. The van der Waals surface area contributed by atoms with Crippen LogP contribution in [0.2, 0.25) is 4.34 Å².